The number of hydrogen-bond acceptors (Lipinski definition) is 2. The summed E-state index contributed by atoms with van der Waals surface area (Å²) in [6.07, 6.45) is -0.667. The third-order valence-corrected chi connectivity index (χ3v) is 4.11. The van der Waals surface area contributed by atoms with Crippen molar-refractivity contribution in [2.75, 3.05) is 0 Å². The molecule has 1 N–H and O–H groups in total. The summed E-state index contributed by atoms with van der Waals surface area (Å²) in [5, 5.41) is 3.56. The topological polar surface area (TPSA) is 38.3 Å². The molecule has 3 nitrogen and oxygen atoms in total. The third-order valence-electron chi connectivity index (χ3n) is 3.30. The zero-order valence-corrected chi connectivity index (χ0v) is 13.9. The van der Waals surface area contributed by atoms with Gasteiger partial charge in [0.2, 0.25) is 0 Å². The first-order valence-electron chi connectivity index (χ1n) is 6.92. The van der Waals surface area contributed by atoms with Gasteiger partial charge in [-0.25, -0.2) is 0 Å². The van der Waals surface area contributed by atoms with Gasteiger partial charge < -0.3 is 10.1 Å². The highest BCUT2D eigenvalue weighted by Gasteiger charge is 2.16. The predicted octanol–water partition coefficient (Wildman–Crippen LogP) is 4.39. The maximum Gasteiger partial charge on any atom is 0.261 e. The highest BCUT2D eigenvalue weighted by atomic mass is 35.5. The van der Waals surface area contributed by atoms with Crippen molar-refractivity contribution in [1.82, 2.24) is 5.32 Å². The summed E-state index contributed by atoms with van der Waals surface area (Å²) in [6, 6.07) is 13.0. The quantitative estimate of drug-likeness (QED) is 0.878. The van der Waals surface area contributed by atoms with E-state index >= 15 is 0 Å². The van der Waals surface area contributed by atoms with Crippen LogP contribution in [0.1, 0.15) is 18.1 Å². The number of benzene rings is 2. The molecule has 0 heterocycles. The Morgan fingerprint density at radius 2 is 1.91 bits per heavy atom. The molecule has 0 aliphatic heterocycles. The fourth-order valence-electron chi connectivity index (χ4n) is 1.95. The van der Waals surface area contributed by atoms with Crippen LogP contribution in [-0.2, 0) is 11.3 Å². The molecule has 0 fully saturated rings. The van der Waals surface area contributed by atoms with Crippen LogP contribution < -0.4 is 10.1 Å². The van der Waals surface area contributed by atoms with Crippen LogP contribution in [0.25, 0.3) is 0 Å². The average molecular weight is 338 g/mol. The molecule has 0 spiro atoms. The van der Waals surface area contributed by atoms with Gasteiger partial charge in [-0.3, -0.25) is 4.79 Å². The van der Waals surface area contributed by atoms with Gasteiger partial charge in [0.05, 0.1) is 5.02 Å². The third kappa shape index (κ3) is 4.15. The number of hydrogen-bond donors (Lipinski definition) is 1. The van der Waals surface area contributed by atoms with Gasteiger partial charge in [-0.2, -0.15) is 0 Å². The Morgan fingerprint density at radius 1 is 1.18 bits per heavy atom. The molecule has 0 radical (unpaired) electrons. The highest BCUT2D eigenvalue weighted by Crippen LogP contribution is 2.32. The molecule has 1 amide bonds. The van der Waals surface area contributed by atoms with E-state index in [9.17, 15) is 4.79 Å². The van der Waals surface area contributed by atoms with E-state index in [0.717, 1.165) is 11.1 Å². The molecule has 2 aromatic rings. The average Bonchev–Trinajstić information content (AvgIpc) is 2.50. The summed E-state index contributed by atoms with van der Waals surface area (Å²) in [7, 11) is 0. The molecule has 0 saturated carbocycles. The number of amides is 1. The fraction of sp³-hybridized carbons (Fsp3) is 0.235. The SMILES string of the molecule is Cc1ccccc1CNC(=O)C(C)Oc1cccc(Cl)c1Cl. The number of rotatable bonds is 5. The second kappa shape index (κ2) is 7.52. The lowest BCUT2D eigenvalue weighted by Gasteiger charge is -2.16. The molecule has 1 atom stereocenters. The Labute approximate surface area is 140 Å². The normalized spacial score (nSPS) is 11.8. The summed E-state index contributed by atoms with van der Waals surface area (Å²) in [4.78, 5) is 12.1. The minimum atomic E-state index is -0.667. The Kier molecular flexibility index (Phi) is 5.69. The largest absolute Gasteiger partial charge is 0.479 e. The number of carbonyl (C=O) groups is 1. The molecule has 0 bridgehead atoms. The first-order chi connectivity index (χ1) is 10.5. The minimum Gasteiger partial charge on any atom is -0.479 e. The van der Waals surface area contributed by atoms with Gasteiger partial charge >= 0.3 is 0 Å². The van der Waals surface area contributed by atoms with Crippen LogP contribution in [0.3, 0.4) is 0 Å². The Hall–Kier alpha value is -1.71. The molecule has 5 heteroatoms. The molecular formula is C17H17Cl2NO2. The maximum absolute atomic E-state index is 12.1. The summed E-state index contributed by atoms with van der Waals surface area (Å²) in [5.74, 6) is 0.187. The number of halogens is 2. The van der Waals surface area contributed by atoms with E-state index in [1.54, 1.807) is 25.1 Å². The van der Waals surface area contributed by atoms with E-state index in [2.05, 4.69) is 5.32 Å². The molecule has 22 heavy (non-hydrogen) atoms. The van der Waals surface area contributed by atoms with Gasteiger partial charge in [0.25, 0.3) is 5.91 Å². The van der Waals surface area contributed by atoms with E-state index in [-0.39, 0.29) is 5.91 Å². The summed E-state index contributed by atoms with van der Waals surface area (Å²) in [5.41, 5.74) is 2.21. The number of aryl methyl sites for hydroxylation is 1. The predicted molar refractivity (Wildman–Crippen MR) is 89.6 cm³/mol. The molecule has 0 saturated heterocycles. The van der Waals surface area contributed by atoms with Crippen molar-refractivity contribution in [2.45, 2.75) is 26.5 Å². The van der Waals surface area contributed by atoms with E-state index in [4.69, 9.17) is 27.9 Å². The van der Waals surface area contributed by atoms with Crippen molar-refractivity contribution in [3.8, 4) is 5.75 Å². The molecule has 1 unspecified atom stereocenters. The van der Waals surface area contributed by atoms with E-state index in [1.807, 2.05) is 31.2 Å². The summed E-state index contributed by atoms with van der Waals surface area (Å²) >= 11 is 12.0. The Balaban J connectivity index is 1.95. The fourth-order valence-corrected chi connectivity index (χ4v) is 2.29. The monoisotopic (exact) mass is 337 g/mol. The molecule has 0 aliphatic carbocycles. The minimum absolute atomic E-state index is 0.209. The molecular weight excluding hydrogens is 321 g/mol. The first kappa shape index (κ1) is 16.7. The lowest BCUT2D eigenvalue weighted by Crippen LogP contribution is -2.36. The van der Waals surface area contributed by atoms with E-state index < -0.39 is 6.10 Å². The van der Waals surface area contributed by atoms with Crippen LogP contribution in [0, 0.1) is 6.92 Å². The molecule has 2 aromatic carbocycles. The van der Waals surface area contributed by atoms with Crippen molar-refractivity contribution in [3.63, 3.8) is 0 Å². The van der Waals surface area contributed by atoms with Crippen LogP contribution >= 0.6 is 23.2 Å². The summed E-state index contributed by atoms with van der Waals surface area (Å²) < 4.78 is 5.58. The molecule has 0 aliphatic rings. The van der Waals surface area contributed by atoms with Crippen molar-refractivity contribution in [1.29, 1.82) is 0 Å². The number of ether oxygens (including phenoxy) is 1. The van der Waals surface area contributed by atoms with Crippen LogP contribution in [0.15, 0.2) is 42.5 Å². The van der Waals surface area contributed by atoms with Gasteiger partial charge in [-0.05, 0) is 37.1 Å². The lowest BCUT2D eigenvalue weighted by atomic mass is 10.1. The smallest absolute Gasteiger partial charge is 0.261 e. The van der Waals surface area contributed by atoms with Crippen LogP contribution in [0.5, 0.6) is 5.75 Å². The maximum atomic E-state index is 12.1. The number of carbonyl (C=O) groups excluding carboxylic acids is 1. The van der Waals surface area contributed by atoms with E-state index in [0.29, 0.717) is 22.3 Å². The van der Waals surface area contributed by atoms with Crippen molar-refractivity contribution < 1.29 is 9.53 Å². The van der Waals surface area contributed by atoms with Gasteiger partial charge in [0, 0.05) is 6.54 Å². The zero-order valence-electron chi connectivity index (χ0n) is 12.4. The first-order valence-corrected chi connectivity index (χ1v) is 7.67. The Morgan fingerprint density at radius 3 is 2.64 bits per heavy atom. The van der Waals surface area contributed by atoms with Crippen molar-refractivity contribution in [3.05, 3.63) is 63.6 Å². The van der Waals surface area contributed by atoms with Crippen LogP contribution in [-0.4, -0.2) is 12.0 Å². The van der Waals surface area contributed by atoms with Gasteiger partial charge in [-0.1, -0.05) is 53.5 Å². The molecule has 0 aromatic heterocycles. The van der Waals surface area contributed by atoms with Crippen molar-refractivity contribution in [2.24, 2.45) is 0 Å². The number of nitrogens with one attached hydrogen (secondary N) is 1. The Bertz CT molecular complexity index is 673. The van der Waals surface area contributed by atoms with E-state index in [1.165, 1.54) is 0 Å². The second-order valence-electron chi connectivity index (χ2n) is 4.96. The van der Waals surface area contributed by atoms with Crippen LogP contribution in [0.2, 0.25) is 10.0 Å². The highest BCUT2D eigenvalue weighted by molar-refractivity contribution is 6.42. The van der Waals surface area contributed by atoms with Crippen molar-refractivity contribution >= 4 is 29.1 Å². The van der Waals surface area contributed by atoms with Gasteiger partial charge in [-0.15, -0.1) is 0 Å². The van der Waals surface area contributed by atoms with Gasteiger partial charge in [0.15, 0.2) is 6.10 Å². The zero-order chi connectivity index (χ0) is 16.1. The second-order valence-corrected chi connectivity index (χ2v) is 5.74. The summed E-state index contributed by atoms with van der Waals surface area (Å²) in [6.45, 7) is 4.14. The standard InChI is InChI=1S/C17H17Cl2NO2/c1-11-6-3-4-7-13(11)10-20-17(21)12(2)22-15-9-5-8-14(18)16(15)19/h3-9,12H,10H2,1-2H3,(H,20,21). The lowest BCUT2D eigenvalue weighted by molar-refractivity contribution is -0.127. The molecule has 116 valence electrons. The van der Waals surface area contributed by atoms with Crippen LogP contribution in [0.4, 0.5) is 0 Å². The van der Waals surface area contributed by atoms with Gasteiger partial charge in [0.1, 0.15) is 10.8 Å². The molecule has 2 rings (SSSR count).